The number of fused-ring (bicyclic) bond motifs is 1. The average molecular weight is 530 g/mol. The molecule has 9 nitrogen and oxygen atoms in total. The van der Waals surface area contributed by atoms with E-state index >= 15 is 0 Å². The van der Waals surface area contributed by atoms with Crippen LogP contribution in [0.1, 0.15) is 19.3 Å². The highest BCUT2D eigenvalue weighted by Gasteiger charge is 2.28. The molecule has 0 spiro atoms. The van der Waals surface area contributed by atoms with Gasteiger partial charge in [-0.2, -0.15) is 5.10 Å². The number of ether oxygens (including phenoxy) is 2. The Hall–Kier alpha value is -3.60. The zero-order valence-electron chi connectivity index (χ0n) is 21.8. The van der Waals surface area contributed by atoms with Crippen LogP contribution in [-0.4, -0.2) is 62.3 Å². The normalized spacial score (nSPS) is 17.4. The van der Waals surface area contributed by atoms with Crippen molar-refractivity contribution < 1.29 is 9.47 Å². The molecule has 196 valence electrons. The Balaban J connectivity index is 1.56. The number of aromatic nitrogens is 6. The lowest BCUT2D eigenvalue weighted by atomic mass is 10.0. The first kappa shape index (κ1) is 24.7. The average Bonchev–Trinajstić information content (AvgIpc) is 3.73. The Morgan fingerprint density at radius 3 is 2.68 bits per heavy atom. The molecule has 10 heteroatoms. The van der Waals surface area contributed by atoms with Crippen molar-refractivity contribution in [2.75, 3.05) is 26.1 Å². The quantitative estimate of drug-likeness (QED) is 0.279. The molecule has 4 aromatic heterocycles. The standard InChI is InChI=1S/C28H31N7O2S/c1-34-13-11-21(33-34)24-22(18-7-5-4-6-8-18)23-25(30-19-9-10-20(17-19)37-3)31-26(32-28(23)38-24)27-29-12-14-35(27)15-16-36-2/h4-8,11-14,19-20H,9-10,15-17H2,1-3H3,(H,30,31,32)/t19-,20+/m1/s1. The van der Waals surface area contributed by atoms with Crippen molar-refractivity contribution >= 4 is 27.4 Å². The fourth-order valence-electron chi connectivity index (χ4n) is 5.17. The van der Waals surface area contributed by atoms with Crippen LogP contribution in [0.4, 0.5) is 5.82 Å². The monoisotopic (exact) mass is 529 g/mol. The van der Waals surface area contributed by atoms with Gasteiger partial charge in [0.05, 0.1) is 23.0 Å². The Kier molecular flexibility index (Phi) is 6.92. The van der Waals surface area contributed by atoms with Crippen molar-refractivity contribution in [2.45, 2.75) is 38.0 Å². The van der Waals surface area contributed by atoms with Gasteiger partial charge in [0.15, 0.2) is 11.6 Å². The summed E-state index contributed by atoms with van der Waals surface area (Å²) in [5.74, 6) is 2.14. The van der Waals surface area contributed by atoms with E-state index in [0.29, 0.717) is 19.0 Å². The van der Waals surface area contributed by atoms with Crippen LogP contribution in [0, 0.1) is 0 Å². The predicted octanol–water partition coefficient (Wildman–Crippen LogP) is 5.25. The highest BCUT2D eigenvalue weighted by atomic mass is 32.1. The second-order valence-corrected chi connectivity index (χ2v) is 10.6. The van der Waals surface area contributed by atoms with Gasteiger partial charge in [-0.05, 0) is 30.9 Å². The molecule has 4 heterocycles. The maximum Gasteiger partial charge on any atom is 0.199 e. The van der Waals surface area contributed by atoms with E-state index in [1.54, 1.807) is 31.8 Å². The van der Waals surface area contributed by atoms with Crippen molar-refractivity contribution in [1.29, 1.82) is 0 Å². The van der Waals surface area contributed by atoms with Crippen molar-refractivity contribution in [3.05, 3.63) is 55.0 Å². The Labute approximate surface area is 225 Å². The van der Waals surface area contributed by atoms with E-state index in [1.165, 1.54) is 0 Å². The number of benzene rings is 1. The molecule has 5 aromatic rings. The van der Waals surface area contributed by atoms with Crippen molar-refractivity contribution in [3.8, 4) is 33.3 Å². The summed E-state index contributed by atoms with van der Waals surface area (Å²) >= 11 is 1.64. The van der Waals surface area contributed by atoms with Crippen LogP contribution in [-0.2, 0) is 23.1 Å². The van der Waals surface area contributed by atoms with Gasteiger partial charge in [0, 0.05) is 58.0 Å². The molecule has 1 aromatic carbocycles. The number of imidazole rings is 1. The molecule has 1 aliphatic carbocycles. The summed E-state index contributed by atoms with van der Waals surface area (Å²) in [5, 5.41) is 9.54. The third-order valence-electron chi connectivity index (χ3n) is 7.07. The van der Waals surface area contributed by atoms with E-state index in [0.717, 1.165) is 62.8 Å². The highest BCUT2D eigenvalue weighted by molar-refractivity contribution is 7.22. The van der Waals surface area contributed by atoms with Crippen LogP contribution in [0.15, 0.2) is 55.0 Å². The lowest BCUT2D eigenvalue weighted by molar-refractivity contribution is 0.108. The van der Waals surface area contributed by atoms with Gasteiger partial charge in [-0.15, -0.1) is 11.3 Å². The van der Waals surface area contributed by atoms with Crippen LogP contribution >= 0.6 is 11.3 Å². The number of nitrogens with zero attached hydrogens (tertiary/aromatic N) is 6. The number of methoxy groups -OCH3 is 2. The molecule has 0 aliphatic heterocycles. The molecular weight excluding hydrogens is 498 g/mol. The van der Waals surface area contributed by atoms with Gasteiger partial charge in [-0.1, -0.05) is 30.3 Å². The maximum atomic E-state index is 5.65. The van der Waals surface area contributed by atoms with E-state index in [9.17, 15) is 0 Å². The SMILES string of the molecule is COCCn1ccnc1-c1nc(N[C@@H]2CC[C@H](OC)C2)c2c(-c3ccccc3)c(-c3ccn(C)n3)sc2n1. The first-order valence-electron chi connectivity index (χ1n) is 12.8. The Morgan fingerprint density at radius 2 is 1.95 bits per heavy atom. The number of hydrogen-bond acceptors (Lipinski definition) is 8. The number of thiophene rings is 1. The zero-order valence-corrected chi connectivity index (χ0v) is 22.6. The largest absolute Gasteiger partial charge is 0.383 e. The van der Waals surface area contributed by atoms with E-state index in [1.807, 2.05) is 34.8 Å². The molecule has 6 rings (SSSR count). The first-order chi connectivity index (χ1) is 18.6. The minimum atomic E-state index is 0.261. The third-order valence-corrected chi connectivity index (χ3v) is 8.18. The maximum absolute atomic E-state index is 5.65. The summed E-state index contributed by atoms with van der Waals surface area (Å²) in [7, 11) is 5.43. The lowest BCUT2D eigenvalue weighted by Crippen LogP contribution is -2.19. The minimum absolute atomic E-state index is 0.261. The minimum Gasteiger partial charge on any atom is -0.383 e. The van der Waals surface area contributed by atoms with Crippen molar-refractivity contribution in [1.82, 2.24) is 29.3 Å². The molecule has 0 radical (unpaired) electrons. The summed E-state index contributed by atoms with van der Waals surface area (Å²) in [6.45, 7) is 1.26. The van der Waals surface area contributed by atoms with E-state index in [4.69, 9.17) is 24.5 Å². The Morgan fingerprint density at radius 1 is 1.08 bits per heavy atom. The molecule has 0 amide bonds. The number of anilines is 1. The molecular formula is C28H31N7O2S. The van der Waals surface area contributed by atoms with Gasteiger partial charge in [-0.3, -0.25) is 4.68 Å². The lowest BCUT2D eigenvalue weighted by Gasteiger charge is -2.16. The molecule has 1 fully saturated rings. The van der Waals surface area contributed by atoms with Crippen LogP contribution in [0.25, 0.3) is 43.6 Å². The number of hydrogen-bond donors (Lipinski definition) is 1. The van der Waals surface area contributed by atoms with Gasteiger partial charge in [-0.25, -0.2) is 15.0 Å². The molecule has 38 heavy (non-hydrogen) atoms. The van der Waals surface area contributed by atoms with Gasteiger partial charge in [0.25, 0.3) is 0 Å². The van der Waals surface area contributed by atoms with E-state index in [2.05, 4.69) is 40.6 Å². The van der Waals surface area contributed by atoms with Crippen LogP contribution in [0.5, 0.6) is 0 Å². The van der Waals surface area contributed by atoms with Gasteiger partial charge >= 0.3 is 0 Å². The highest BCUT2D eigenvalue weighted by Crippen LogP contribution is 2.46. The smallest absolute Gasteiger partial charge is 0.199 e. The number of nitrogens with one attached hydrogen (secondary N) is 1. The molecule has 1 aliphatic rings. The van der Waals surface area contributed by atoms with Crippen LogP contribution in [0.3, 0.4) is 0 Å². The van der Waals surface area contributed by atoms with E-state index in [-0.39, 0.29) is 12.1 Å². The summed E-state index contributed by atoms with van der Waals surface area (Å²) in [5.41, 5.74) is 3.13. The summed E-state index contributed by atoms with van der Waals surface area (Å²) in [4.78, 5) is 16.8. The number of aryl methyl sites for hydroxylation is 1. The van der Waals surface area contributed by atoms with Crippen molar-refractivity contribution in [3.63, 3.8) is 0 Å². The molecule has 0 bridgehead atoms. The Bertz CT molecular complexity index is 1540. The van der Waals surface area contributed by atoms with Gasteiger partial charge < -0.3 is 19.4 Å². The fourth-order valence-corrected chi connectivity index (χ4v) is 6.33. The summed E-state index contributed by atoms with van der Waals surface area (Å²) in [6.07, 6.45) is 8.97. The molecule has 1 saturated carbocycles. The fraction of sp³-hybridized carbons (Fsp3) is 0.357. The molecule has 1 N–H and O–H groups in total. The summed E-state index contributed by atoms with van der Waals surface area (Å²) in [6, 6.07) is 12.8. The molecule has 0 unspecified atom stereocenters. The second kappa shape index (κ2) is 10.6. The number of rotatable bonds is 9. The topological polar surface area (TPSA) is 91.9 Å². The molecule has 0 saturated heterocycles. The van der Waals surface area contributed by atoms with Gasteiger partial charge in [0.1, 0.15) is 16.3 Å². The van der Waals surface area contributed by atoms with E-state index < -0.39 is 0 Å². The predicted molar refractivity (Wildman–Crippen MR) is 150 cm³/mol. The second-order valence-electron chi connectivity index (χ2n) is 9.57. The zero-order chi connectivity index (χ0) is 26.1. The molecule has 2 atom stereocenters. The third kappa shape index (κ3) is 4.70. The van der Waals surface area contributed by atoms with Crippen LogP contribution in [0.2, 0.25) is 0 Å². The van der Waals surface area contributed by atoms with Crippen molar-refractivity contribution in [2.24, 2.45) is 7.05 Å². The van der Waals surface area contributed by atoms with Crippen LogP contribution < -0.4 is 5.32 Å². The first-order valence-corrected chi connectivity index (χ1v) is 13.7. The summed E-state index contributed by atoms with van der Waals surface area (Å²) < 4.78 is 14.8. The van der Waals surface area contributed by atoms with Gasteiger partial charge in [0.2, 0.25) is 0 Å².